The van der Waals surface area contributed by atoms with Gasteiger partial charge >= 0.3 is 0 Å². The SMILES string of the molecule is CC(C)C(=O)[C@H](Cc1c[nH]c2ccccc12)NC(=O)[C@H](CCC(N)=O)N(C)C(C)C.[W]. The maximum Gasteiger partial charge on any atom is 0.237 e. The van der Waals surface area contributed by atoms with Gasteiger partial charge in [0.15, 0.2) is 5.78 Å². The molecule has 4 N–H and O–H groups in total. The number of carbonyl (C=O) groups excluding carboxylic acids is 3. The molecule has 2 rings (SSSR count). The second kappa shape index (κ2) is 12.2. The monoisotopic (exact) mass is 598 g/mol. The third-order valence-corrected chi connectivity index (χ3v) is 5.60. The number of aromatic amines is 1. The molecule has 1 heterocycles. The summed E-state index contributed by atoms with van der Waals surface area (Å²) in [4.78, 5) is 42.5. The van der Waals surface area contributed by atoms with Gasteiger partial charge < -0.3 is 16.0 Å². The van der Waals surface area contributed by atoms with Gasteiger partial charge in [0, 0.05) is 63.0 Å². The Morgan fingerprint density at radius 3 is 2.35 bits per heavy atom. The number of carbonyl (C=O) groups is 3. The van der Waals surface area contributed by atoms with Crippen LogP contribution in [0.25, 0.3) is 10.9 Å². The normalized spacial score (nSPS) is 13.3. The largest absolute Gasteiger partial charge is 0.370 e. The van der Waals surface area contributed by atoms with Gasteiger partial charge in [-0.1, -0.05) is 32.0 Å². The summed E-state index contributed by atoms with van der Waals surface area (Å²) >= 11 is 0. The maximum atomic E-state index is 13.2. The minimum absolute atomic E-state index is 0. The van der Waals surface area contributed by atoms with Crippen molar-refractivity contribution >= 4 is 28.5 Å². The summed E-state index contributed by atoms with van der Waals surface area (Å²) in [6, 6.07) is 6.80. The summed E-state index contributed by atoms with van der Waals surface area (Å²) in [5.41, 5.74) is 7.28. The molecular formula is C23H34N4O3W. The number of para-hydroxylation sites is 1. The number of amides is 2. The van der Waals surface area contributed by atoms with Gasteiger partial charge in [-0.15, -0.1) is 0 Å². The molecule has 0 aliphatic heterocycles. The fourth-order valence-electron chi connectivity index (χ4n) is 3.57. The molecule has 0 saturated carbocycles. The third kappa shape index (κ3) is 7.29. The predicted molar refractivity (Wildman–Crippen MR) is 119 cm³/mol. The molecule has 0 radical (unpaired) electrons. The maximum absolute atomic E-state index is 13.2. The first-order chi connectivity index (χ1) is 14.1. The van der Waals surface area contributed by atoms with E-state index in [9.17, 15) is 14.4 Å². The number of hydrogen-bond acceptors (Lipinski definition) is 4. The molecule has 0 spiro atoms. The van der Waals surface area contributed by atoms with Crippen LogP contribution in [0.15, 0.2) is 30.5 Å². The zero-order valence-corrected chi connectivity index (χ0v) is 21.9. The Labute approximate surface area is 198 Å². The first-order valence-electron chi connectivity index (χ1n) is 10.5. The first-order valence-corrected chi connectivity index (χ1v) is 10.5. The molecule has 0 saturated heterocycles. The molecule has 2 aromatic rings. The standard InChI is InChI=1S/C23H34N4O3.W/c1-14(2)22(29)19(12-16-13-25-18-9-7-6-8-17(16)18)26-23(30)20(10-11-21(24)28)27(5)15(3)4;/h6-9,13-15,19-20,25H,10-12H2,1-5H3,(H2,24,28)(H,26,30);/t19-,20-;/m0./s1. The van der Waals surface area contributed by atoms with Crippen molar-refractivity contribution in [3.05, 3.63) is 36.0 Å². The molecule has 1 aromatic heterocycles. The van der Waals surface area contributed by atoms with Crippen LogP contribution in [0.4, 0.5) is 0 Å². The van der Waals surface area contributed by atoms with Crippen LogP contribution in [0.3, 0.4) is 0 Å². The molecule has 1 aromatic carbocycles. The number of benzene rings is 1. The van der Waals surface area contributed by atoms with Gasteiger partial charge in [0.1, 0.15) is 0 Å². The van der Waals surface area contributed by atoms with Crippen molar-refractivity contribution in [3.63, 3.8) is 0 Å². The molecule has 2 atom stereocenters. The Kier molecular flexibility index (Phi) is 10.6. The first kappa shape index (κ1) is 27.1. The van der Waals surface area contributed by atoms with Gasteiger partial charge in [-0.25, -0.2) is 0 Å². The van der Waals surface area contributed by atoms with Crippen LogP contribution in [0.2, 0.25) is 0 Å². The molecule has 170 valence electrons. The summed E-state index contributed by atoms with van der Waals surface area (Å²) in [6.07, 6.45) is 2.72. The van der Waals surface area contributed by atoms with Crippen LogP contribution < -0.4 is 11.1 Å². The van der Waals surface area contributed by atoms with Crippen molar-refractivity contribution in [2.75, 3.05) is 7.05 Å². The van der Waals surface area contributed by atoms with Crippen LogP contribution in [0.1, 0.15) is 46.1 Å². The van der Waals surface area contributed by atoms with Gasteiger partial charge in [0.25, 0.3) is 0 Å². The molecule has 7 nitrogen and oxygen atoms in total. The molecule has 2 amide bonds. The number of aromatic nitrogens is 1. The van der Waals surface area contributed by atoms with E-state index >= 15 is 0 Å². The van der Waals surface area contributed by atoms with E-state index in [-0.39, 0.29) is 51.1 Å². The molecule has 0 bridgehead atoms. The third-order valence-electron chi connectivity index (χ3n) is 5.60. The number of ketones is 1. The minimum atomic E-state index is -0.645. The van der Waals surface area contributed by atoms with Crippen LogP contribution in [0.5, 0.6) is 0 Å². The quantitative estimate of drug-likeness (QED) is 0.370. The molecule has 31 heavy (non-hydrogen) atoms. The molecule has 0 aliphatic carbocycles. The van der Waals surface area contributed by atoms with E-state index in [2.05, 4.69) is 10.3 Å². The molecular weight excluding hydrogens is 564 g/mol. The summed E-state index contributed by atoms with van der Waals surface area (Å²) in [6.45, 7) is 7.63. The number of likely N-dealkylation sites (N-methyl/N-ethyl adjacent to an activating group) is 1. The average Bonchev–Trinajstić information content (AvgIpc) is 3.09. The Morgan fingerprint density at radius 1 is 1.13 bits per heavy atom. The number of nitrogens with one attached hydrogen (secondary N) is 2. The van der Waals surface area contributed by atoms with Gasteiger partial charge in [0.2, 0.25) is 11.8 Å². The summed E-state index contributed by atoms with van der Waals surface area (Å²) in [5.74, 6) is -0.938. The van der Waals surface area contributed by atoms with Crippen LogP contribution >= 0.6 is 0 Å². The number of primary amides is 1. The Bertz CT molecular complexity index is 894. The predicted octanol–water partition coefficient (Wildman–Crippen LogP) is 2.39. The molecule has 0 aliphatic rings. The zero-order chi connectivity index (χ0) is 22.4. The van der Waals surface area contributed by atoms with Crippen molar-refractivity contribution in [1.29, 1.82) is 0 Å². The number of nitrogens with two attached hydrogens (primary N) is 1. The second-order valence-electron chi connectivity index (χ2n) is 8.46. The van der Waals surface area contributed by atoms with Crippen LogP contribution in [-0.4, -0.2) is 52.7 Å². The van der Waals surface area contributed by atoms with E-state index in [1.54, 1.807) is 0 Å². The Hall–Kier alpha value is -1.98. The Balaban J connectivity index is 0.00000480. The van der Waals surface area contributed by atoms with Crippen molar-refractivity contribution in [2.24, 2.45) is 11.7 Å². The van der Waals surface area contributed by atoms with Crippen molar-refractivity contribution in [1.82, 2.24) is 15.2 Å². The molecule has 0 unspecified atom stereocenters. The van der Waals surface area contributed by atoms with Gasteiger partial charge in [-0.2, -0.15) is 0 Å². The fraction of sp³-hybridized carbons (Fsp3) is 0.522. The van der Waals surface area contributed by atoms with Gasteiger partial charge in [-0.05, 0) is 38.9 Å². The fourth-order valence-corrected chi connectivity index (χ4v) is 3.57. The van der Waals surface area contributed by atoms with Crippen molar-refractivity contribution in [2.45, 2.75) is 65.1 Å². The molecule has 8 heteroatoms. The number of Topliss-reactive ketones (excluding diaryl/α,β-unsaturated/α-hetero) is 1. The van der Waals surface area contributed by atoms with Crippen molar-refractivity contribution < 1.29 is 35.4 Å². The van der Waals surface area contributed by atoms with E-state index in [0.29, 0.717) is 12.8 Å². The van der Waals surface area contributed by atoms with E-state index in [1.807, 2.05) is 70.1 Å². The number of H-pyrrole nitrogens is 1. The van der Waals surface area contributed by atoms with Crippen LogP contribution in [-0.2, 0) is 41.9 Å². The van der Waals surface area contributed by atoms with E-state index in [1.165, 1.54) is 0 Å². The number of nitrogens with zero attached hydrogens (tertiary/aromatic N) is 1. The van der Waals surface area contributed by atoms with Crippen molar-refractivity contribution in [3.8, 4) is 0 Å². The topological polar surface area (TPSA) is 108 Å². The number of hydrogen-bond donors (Lipinski definition) is 3. The molecule has 0 fully saturated rings. The number of fused-ring (bicyclic) bond motifs is 1. The minimum Gasteiger partial charge on any atom is -0.370 e. The van der Waals surface area contributed by atoms with E-state index in [0.717, 1.165) is 16.5 Å². The summed E-state index contributed by atoms with van der Waals surface area (Å²) in [7, 11) is 1.84. The van der Waals surface area contributed by atoms with Crippen LogP contribution in [0, 0.1) is 5.92 Å². The summed E-state index contributed by atoms with van der Waals surface area (Å²) < 4.78 is 0. The van der Waals surface area contributed by atoms with Gasteiger partial charge in [-0.3, -0.25) is 19.3 Å². The smallest absolute Gasteiger partial charge is 0.237 e. The Morgan fingerprint density at radius 2 is 1.77 bits per heavy atom. The van der Waals surface area contributed by atoms with E-state index < -0.39 is 18.0 Å². The average molecular weight is 598 g/mol. The van der Waals surface area contributed by atoms with Gasteiger partial charge in [0.05, 0.1) is 12.1 Å². The van der Waals surface area contributed by atoms with E-state index in [4.69, 9.17) is 5.73 Å². The zero-order valence-electron chi connectivity index (χ0n) is 19.0. The summed E-state index contributed by atoms with van der Waals surface area (Å²) in [5, 5.41) is 4.00. The second-order valence-corrected chi connectivity index (χ2v) is 8.46. The number of rotatable bonds is 11.